The molecule has 0 radical (unpaired) electrons. The number of aromatic amines is 1. The number of nitrogens with zero attached hydrogens (tertiary/aromatic N) is 4. The molecule has 1 aromatic rings. The van der Waals surface area contributed by atoms with Crippen LogP contribution in [0.1, 0.15) is 12.7 Å². The minimum absolute atomic E-state index is 0.106. The summed E-state index contributed by atoms with van der Waals surface area (Å²) in [5.41, 5.74) is 0. The fraction of sp³-hybridized carbons (Fsp3) is 0.750. The van der Waals surface area contributed by atoms with Gasteiger partial charge in [-0.3, -0.25) is 14.8 Å². The predicted molar refractivity (Wildman–Crippen MR) is 75.5 cm³/mol. The van der Waals surface area contributed by atoms with E-state index >= 15 is 0 Å². The Morgan fingerprint density at radius 3 is 2.73 bits per heavy atom. The van der Waals surface area contributed by atoms with Crippen molar-refractivity contribution in [2.45, 2.75) is 31.2 Å². The van der Waals surface area contributed by atoms with Gasteiger partial charge in [-0.2, -0.15) is 13.2 Å². The van der Waals surface area contributed by atoms with Crippen LogP contribution in [0.15, 0.2) is 5.16 Å². The van der Waals surface area contributed by atoms with Gasteiger partial charge in [0.1, 0.15) is 5.82 Å². The van der Waals surface area contributed by atoms with E-state index in [0.717, 1.165) is 0 Å². The largest absolute Gasteiger partial charge is 0.401 e. The Kier molecular flexibility index (Phi) is 5.32. The van der Waals surface area contributed by atoms with Crippen LogP contribution in [0.2, 0.25) is 0 Å². The van der Waals surface area contributed by atoms with E-state index < -0.39 is 12.7 Å². The summed E-state index contributed by atoms with van der Waals surface area (Å²) in [6, 6.07) is -0.310. The predicted octanol–water partition coefficient (Wildman–Crippen LogP) is 1.30. The van der Waals surface area contributed by atoms with Gasteiger partial charge in [0.05, 0.1) is 12.3 Å². The van der Waals surface area contributed by atoms with Gasteiger partial charge < -0.3 is 4.90 Å². The minimum atomic E-state index is -4.21. The maximum absolute atomic E-state index is 12.4. The van der Waals surface area contributed by atoms with Gasteiger partial charge in [-0.15, -0.1) is 5.10 Å². The number of aryl methyl sites for hydroxylation is 1. The van der Waals surface area contributed by atoms with Crippen molar-refractivity contribution in [2.75, 3.05) is 31.9 Å². The molecule has 1 N–H and O–H groups in total. The van der Waals surface area contributed by atoms with Gasteiger partial charge in [0.25, 0.3) is 0 Å². The lowest BCUT2D eigenvalue weighted by Gasteiger charge is -2.40. The molecule has 0 aliphatic carbocycles. The Morgan fingerprint density at radius 2 is 2.18 bits per heavy atom. The molecule has 1 saturated heterocycles. The van der Waals surface area contributed by atoms with E-state index in [9.17, 15) is 18.0 Å². The SMILES string of the molecule is Cc1nc(SCC(=O)N2CCN(CC(F)(F)F)[C@H](C)C2)n[nH]1. The molecule has 22 heavy (non-hydrogen) atoms. The number of piperazine rings is 1. The summed E-state index contributed by atoms with van der Waals surface area (Å²) < 4.78 is 37.3. The third-order valence-electron chi connectivity index (χ3n) is 3.40. The Hall–Kier alpha value is -1.29. The number of thioether (sulfide) groups is 1. The monoisotopic (exact) mass is 337 g/mol. The average Bonchev–Trinajstić information content (AvgIpc) is 2.83. The Bertz CT molecular complexity index is 521. The van der Waals surface area contributed by atoms with Crippen molar-refractivity contribution < 1.29 is 18.0 Å². The standard InChI is InChI=1S/C12H18F3N5OS/c1-8-5-19(3-4-20(8)7-12(13,14)15)10(21)6-22-11-16-9(2)17-18-11/h8H,3-7H2,1-2H3,(H,16,17,18)/t8-/m1/s1. The number of carbonyl (C=O) groups excluding carboxylic acids is 1. The van der Waals surface area contributed by atoms with E-state index in [1.807, 2.05) is 0 Å². The summed E-state index contributed by atoms with van der Waals surface area (Å²) in [6.45, 7) is 3.39. The molecular weight excluding hydrogens is 319 g/mol. The van der Waals surface area contributed by atoms with Crippen LogP contribution in [0.5, 0.6) is 0 Å². The Morgan fingerprint density at radius 1 is 1.45 bits per heavy atom. The molecule has 0 aromatic carbocycles. The van der Waals surface area contributed by atoms with Crippen molar-refractivity contribution in [1.82, 2.24) is 25.0 Å². The van der Waals surface area contributed by atoms with Gasteiger partial charge in [0.15, 0.2) is 0 Å². The third kappa shape index (κ3) is 4.87. The van der Waals surface area contributed by atoms with Crippen LogP contribution in [0.3, 0.4) is 0 Å². The Labute approximate surface area is 130 Å². The number of hydrogen-bond donors (Lipinski definition) is 1. The first-order valence-corrected chi connectivity index (χ1v) is 7.83. The molecule has 1 fully saturated rings. The summed E-state index contributed by atoms with van der Waals surface area (Å²) in [4.78, 5) is 19.2. The maximum Gasteiger partial charge on any atom is 0.401 e. The molecule has 1 atom stereocenters. The van der Waals surface area contributed by atoms with Crippen LogP contribution in [-0.4, -0.2) is 75.0 Å². The van der Waals surface area contributed by atoms with Crippen molar-refractivity contribution in [3.05, 3.63) is 5.82 Å². The van der Waals surface area contributed by atoms with Crippen molar-refractivity contribution in [3.8, 4) is 0 Å². The number of H-pyrrole nitrogens is 1. The average molecular weight is 337 g/mol. The van der Waals surface area contributed by atoms with E-state index in [1.165, 1.54) is 16.7 Å². The van der Waals surface area contributed by atoms with Gasteiger partial charge in [-0.05, 0) is 13.8 Å². The molecule has 6 nitrogen and oxygen atoms in total. The van der Waals surface area contributed by atoms with E-state index in [0.29, 0.717) is 24.1 Å². The highest BCUT2D eigenvalue weighted by molar-refractivity contribution is 7.99. The fourth-order valence-electron chi connectivity index (χ4n) is 2.29. The van der Waals surface area contributed by atoms with Crippen molar-refractivity contribution in [1.29, 1.82) is 0 Å². The van der Waals surface area contributed by atoms with E-state index in [2.05, 4.69) is 15.2 Å². The maximum atomic E-state index is 12.4. The highest BCUT2D eigenvalue weighted by atomic mass is 32.2. The molecule has 10 heteroatoms. The summed E-state index contributed by atoms with van der Waals surface area (Å²) >= 11 is 1.22. The van der Waals surface area contributed by atoms with Crippen LogP contribution in [0.4, 0.5) is 13.2 Å². The van der Waals surface area contributed by atoms with E-state index in [4.69, 9.17) is 0 Å². The number of amides is 1. The molecule has 0 unspecified atom stereocenters. The summed E-state index contributed by atoms with van der Waals surface area (Å²) in [5, 5.41) is 7.10. The summed E-state index contributed by atoms with van der Waals surface area (Å²) in [7, 11) is 0. The second-order valence-corrected chi connectivity index (χ2v) is 6.21. The van der Waals surface area contributed by atoms with Crippen molar-refractivity contribution >= 4 is 17.7 Å². The normalized spacial score (nSPS) is 20.4. The highest BCUT2D eigenvalue weighted by Crippen LogP contribution is 2.21. The number of carbonyl (C=O) groups is 1. The van der Waals surface area contributed by atoms with Crippen molar-refractivity contribution in [3.63, 3.8) is 0 Å². The first kappa shape index (κ1) is 17.1. The summed E-state index contributed by atoms with van der Waals surface area (Å²) in [6.07, 6.45) is -4.21. The molecule has 0 spiro atoms. The Balaban J connectivity index is 1.80. The summed E-state index contributed by atoms with van der Waals surface area (Å²) in [5.74, 6) is 0.749. The molecule has 1 aromatic heterocycles. The molecule has 2 heterocycles. The first-order chi connectivity index (χ1) is 10.2. The second kappa shape index (κ2) is 6.86. The van der Waals surface area contributed by atoms with Gasteiger partial charge in [0, 0.05) is 25.7 Å². The quantitative estimate of drug-likeness (QED) is 0.839. The van der Waals surface area contributed by atoms with Crippen molar-refractivity contribution in [2.24, 2.45) is 0 Å². The second-order valence-electron chi connectivity index (χ2n) is 5.27. The van der Waals surface area contributed by atoms with E-state index in [-0.39, 0.29) is 24.2 Å². The smallest absolute Gasteiger partial charge is 0.339 e. The van der Waals surface area contributed by atoms with Crippen LogP contribution in [-0.2, 0) is 4.79 Å². The van der Waals surface area contributed by atoms with Gasteiger partial charge >= 0.3 is 6.18 Å². The van der Waals surface area contributed by atoms with E-state index in [1.54, 1.807) is 18.7 Å². The molecule has 1 aliphatic heterocycles. The highest BCUT2D eigenvalue weighted by Gasteiger charge is 2.35. The number of alkyl halides is 3. The van der Waals surface area contributed by atoms with Crippen LogP contribution < -0.4 is 0 Å². The third-order valence-corrected chi connectivity index (χ3v) is 4.23. The minimum Gasteiger partial charge on any atom is -0.339 e. The molecular formula is C12H18F3N5OS. The number of rotatable bonds is 4. The van der Waals surface area contributed by atoms with Gasteiger partial charge in [-0.25, -0.2) is 4.98 Å². The van der Waals surface area contributed by atoms with Gasteiger partial charge in [-0.1, -0.05) is 11.8 Å². The topological polar surface area (TPSA) is 65.1 Å². The van der Waals surface area contributed by atoms with Crippen LogP contribution in [0, 0.1) is 6.92 Å². The number of halogens is 3. The molecule has 124 valence electrons. The van der Waals surface area contributed by atoms with Crippen LogP contribution in [0.25, 0.3) is 0 Å². The lowest BCUT2D eigenvalue weighted by Crippen LogP contribution is -2.55. The zero-order valence-corrected chi connectivity index (χ0v) is 13.2. The van der Waals surface area contributed by atoms with Gasteiger partial charge in [0.2, 0.25) is 11.1 Å². The fourth-order valence-corrected chi connectivity index (χ4v) is 3.04. The molecule has 1 amide bonds. The molecule has 0 saturated carbocycles. The molecule has 0 bridgehead atoms. The zero-order valence-electron chi connectivity index (χ0n) is 12.4. The number of nitrogens with one attached hydrogen (secondary N) is 1. The molecule has 1 aliphatic rings. The zero-order chi connectivity index (χ0) is 16.3. The van der Waals surface area contributed by atoms with Crippen LogP contribution >= 0.6 is 11.8 Å². The molecule has 2 rings (SSSR count). The lowest BCUT2D eigenvalue weighted by atomic mass is 10.2. The first-order valence-electron chi connectivity index (χ1n) is 6.85. The number of hydrogen-bond acceptors (Lipinski definition) is 5. The number of aromatic nitrogens is 3. The lowest BCUT2D eigenvalue weighted by molar-refractivity contribution is -0.157.